The average Bonchev–Trinajstić information content (AvgIpc) is 3.07. The van der Waals surface area contributed by atoms with Crippen molar-refractivity contribution in [1.82, 2.24) is 0 Å². The first kappa shape index (κ1) is 15.9. The Bertz CT molecular complexity index is 862. The Morgan fingerprint density at radius 3 is 2.76 bits per heavy atom. The lowest BCUT2D eigenvalue weighted by Crippen LogP contribution is -2.17. The summed E-state index contributed by atoms with van der Waals surface area (Å²) in [5.41, 5.74) is 2.41. The number of rotatable bonds is 2. The van der Waals surface area contributed by atoms with Gasteiger partial charge in [-0.1, -0.05) is 30.4 Å². The largest absolute Gasteiger partial charge is 0.573 e. The smallest absolute Gasteiger partial charge is 0.406 e. The summed E-state index contributed by atoms with van der Waals surface area (Å²) in [6.45, 7) is 0. The molecule has 0 bridgehead atoms. The van der Waals surface area contributed by atoms with Gasteiger partial charge in [0.15, 0.2) is 5.78 Å². The fraction of sp³-hybridized carbons (Fsp3) is 0.263. The lowest BCUT2D eigenvalue weighted by atomic mass is 9.93. The van der Waals surface area contributed by atoms with E-state index in [4.69, 9.17) is 0 Å². The van der Waals surface area contributed by atoms with E-state index in [0.717, 1.165) is 12.1 Å². The first-order valence-corrected chi connectivity index (χ1v) is 7.95. The minimum absolute atomic E-state index is 0.0766. The zero-order chi connectivity index (χ0) is 17.6. The van der Waals surface area contributed by atoms with Gasteiger partial charge in [0.2, 0.25) is 0 Å². The Balaban J connectivity index is 1.66. The summed E-state index contributed by atoms with van der Waals surface area (Å²) in [5, 5.41) is 0. The van der Waals surface area contributed by atoms with Crippen LogP contribution < -0.4 is 4.74 Å². The number of Topliss-reactive ketones (excluding diaryl/α,β-unsaturated/α-hetero) is 1. The number of carbonyl (C=O) groups excluding carboxylic acids is 1. The van der Waals surface area contributed by atoms with E-state index < -0.39 is 6.36 Å². The molecule has 0 radical (unpaired) electrons. The van der Waals surface area contributed by atoms with Gasteiger partial charge in [0.1, 0.15) is 5.75 Å². The molecule has 0 fully saturated rings. The van der Waals surface area contributed by atoms with Gasteiger partial charge < -0.3 is 4.74 Å². The number of nitrogens with zero attached hydrogens (tertiary/aromatic N) is 1. The number of ether oxygens (including phenoxy) is 1. The minimum Gasteiger partial charge on any atom is -0.406 e. The lowest BCUT2D eigenvalue weighted by Gasteiger charge is -2.11. The predicted molar refractivity (Wildman–Crippen MR) is 87.4 cm³/mol. The number of benzene rings is 1. The summed E-state index contributed by atoms with van der Waals surface area (Å²) >= 11 is 0. The van der Waals surface area contributed by atoms with Gasteiger partial charge >= 0.3 is 6.36 Å². The molecule has 0 aromatic heterocycles. The molecule has 1 aromatic carbocycles. The van der Waals surface area contributed by atoms with Gasteiger partial charge in [0, 0.05) is 23.6 Å². The van der Waals surface area contributed by atoms with E-state index in [1.807, 2.05) is 18.2 Å². The number of ketones is 1. The zero-order valence-electron chi connectivity index (χ0n) is 13.1. The second-order valence-electron chi connectivity index (χ2n) is 6.27. The van der Waals surface area contributed by atoms with Gasteiger partial charge in [-0.3, -0.25) is 9.79 Å². The van der Waals surface area contributed by atoms with E-state index in [0.29, 0.717) is 16.7 Å². The standard InChI is InChI=1S/C19H14F3NO2/c20-19(21,22)25-14-6-5-11-8-18(24)16(15(11)10-14)9-13-7-12-3-1-2-4-17(12)23-13/h1-6,9-10,12,17H,7-8H2/b16-9-. The Morgan fingerprint density at radius 1 is 1.20 bits per heavy atom. The summed E-state index contributed by atoms with van der Waals surface area (Å²) in [6, 6.07) is 4.10. The highest BCUT2D eigenvalue weighted by molar-refractivity contribution is 6.29. The molecule has 2 atom stereocenters. The van der Waals surface area contributed by atoms with Crippen LogP contribution in [-0.2, 0) is 11.2 Å². The molecule has 1 aliphatic heterocycles. The number of aliphatic imine (C=N–C) groups is 1. The molecular weight excluding hydrogens is 331 g/mol. The van der Waals surface area contributed by atoms with E-state index in [1.54, 1.807) is 6.08 Å². The van der Waals surface area contributed by atoms with Crippen LogP contribution in [0.2, 0.25) is 0 Å². The third kappa shape index (κ3) is 3.16. The molecule has 0 N–H and O–H groups in total. The molecule has 1 aromatic rings. The fourth-order valence-electron chi connectivity index (χ4n) is 3.45. The van der Waals surface area contributed by atoms with Crippen molar-refractivity contribution in [2.75, 3.05) is 0 Å². The van der Waals surface area contributed by atoms with Crippen LogP contribution in [0.4, 0.5) is 13.2 Å². The van der Waals surface area contributed by atoms with Crippen LogP contribution >= 0.6 is 0 Å². The maximum atomic E-state index is 12.4. The van der Waals surface area contributed by atoms with Gasteiger partial charge in [-0.15, -0.1) is 13.2 Å². The van der Waals surface area contributed by atoms with Gasteiger partial charge in [0.25, 0.3) is 0 Å². The number of alkyl halides is 3. The highest BCUT2D eigenvalue weighted by atomic mass is 19.4. The van der Waals surface area contributed by atoms with Crippen molar-refractivity contribution in [3.63, 3.8) is 0 Å². The molecule has 128 valence electrons. The maximum absolute atomic E-state index is 12.4. The second kappa shape index (κ2) is 5.72. The highest BCUT2D eigenvalue weighted by Crippen LogP contribution is 2.35. The zero-order valence-corrected chi connectivity index (χ0v) is 13.1. The van der Waals surface area contributed by atoms with E-state index >= 15 is 0 Å². The first-order valence-electron chi connectivity index (χ1n) is 7.95. The second-order valence-corrected chi connectivity index (χ2v) is 6.27. The fourth-order valence-corrected chi connectivity index (χ4v) is 3.45. The van der Waals surface area contributed by atoms with Crippen molar-refractivity contribution < 1.29 is 22.7 Å². The summed E-state index contributed by atoms with van der Waals surface area (Å²) in [6.07, 6.45) is 5.87. The van der Waals surface area contributed by atoms with Gasteiger partial charge in [0.05, 0.1) is 6.04 Å². The molecule has 3 aliphatic rings. The molecule has 2 aliphatic carbocycles. The molecule has 1 heterocycles. The van der Waals surface area contributed by atoms with E-state index in [1.165, 1.54) is 18.2 Å². The average molecular weight is 345 g/mol. The molecule has 0 spiro atoms. The van der Waals surface area contributed by atoms with Crippen LogP contribution in [0.1, 0.15) is 17.5 Å². The Hall–Kier alpha value is -2.63. The van der Waals surface area contributed by atoms with Crippen molar-refractivity contribution in [1.29, 1.82) is 0 Å². The van der Waals surface area contributed by atoms with Crippen molar-refractivity contribution in [3.8, 4) is 5.75 Å². The maximum Gasteiger partial charge on any atom is 0.573 e. The quantitative estimate of drug-likeness (QED) is 0.759. The van der Waals surface area contributed by atoms with E-state index in [-0.39, 0.29) is 29.9 Å². The van der Waals surface area contributed by atoms with E-state index in [2.05, 4.69) is 15.8 Å². The third-order valence-corrected chi connectivity index (χ3v) is 4.54. The number of hydrogen-bond donors (Lipinski definition) is 0. The van der Waals surface area contributed by atoms with Gasteiger partial charge in [-0.05, 0) is 35.8 Å². The summed E-state index contributed by atoms with van der Waals surface area (Å²) in [5.74, 6) is -0.143. The molecule has 0 saturated heterocycles. The molecular formula is C19H14F3NO2. The van der Waals surface area contributed by atoms with Crippen molar-refractivity contribution in [2.45, 2.75) is 25.2 Å². The van der Waals surface area contributed by atoms with Crippen molar-refractivity contribution in [3.05, 3.63) is 59.7 Å². The normalized spacial score (nSPS) is 26.0. The monoisotopic (exact) mass is 345 g/mol. The lowest BCUT2D eigenvalue weighted by molar-refractivity contribution is -0.274. The molecule has 0 saturated carbocycles. The number of fused-ring (bicyclic) bond motifs is 2. The van der Waals surface area contributed by atoms with E-state index in [9.17, 15) is 18.0 Å². The summed E-state index contributed by atoms with van der Waals surface area (Å²) in [4.78, 5) is 16.9. The van der Waals surface area contributed by atoms with Crippen LogP contribution in [0, 0.1) is 5.92 Å². The first-order chi connectivity index (χ1) is 11.9. The molecule has 2 unspecified atom stereocenters. The Morgan fingerprint density at radius 2 is 2.00 bits per heavy atom. The molecule has 25 heavy (non-hydrogen) atoms. The summed E-state index contributed by atoms with van der Waals surface area (Å²) < 4.78 is 41.3. The number of allylic oxidation sites excluding steroid dienone is 4. The third-order valence-electron chi connectivity index (χ3n) is 4.54. The number of hydrogen-bond acceptors (Lipinski definition) is 3. The van der Waals surface area contributed by atoms with Crippen LogP contribution in [-0.4, -0.2) is 23.9 Å². The Labute approximate surface area is 142 Å². The van der Waals surface area contributed by atoms with Crippen molar-refractivity contribution in [2.24, 2.45) is 10.9 Å². The molecule has 6 heteroatoms. The van der Waals surface area contributed by atoms with Crippen LogP contribution in [0.25, 0.3) is 5.57 Å². The Kier molecular flexibility index (Phi) is 3.63. The number of carbonyl (C=O) groups is 1. The molecule has 0 amide bonds. The van der Waals surface area contributed by atoms with Gasteiger partial charge in [-0.25, -0.2) is 0 Å². The van der Waals surface area contributed by atoms with Crippen molar-refractivity contribution >= 4 is 17.1 Å². The predicted octanol–water partition coefficient (Wildman–Crippen LogP) is 4.05. The molecule has 3 nitrogen and oxygen atoms in total. The van der Waals surface area contributed by atoms with Crippen LogP contribution in [0.3, 0.4) is 0 Å². The van der Waals surface area contributed by atoms with Gasteiger partial charge in [-0.2, -0.15) is 0 Å². The number of halogens is 3. The minimum atomic E-state index is -4.76. The summed E-state index contributed by atoms with van der Waals surface area (Å²) in [7, 11) is 0. The molecule has 4 rings (SSSR count). The highest BCUT2D eigenvalue weighted by Gasteiger charge is 2.33. The topological polar surface area (TPSA) is 38.7 Å². The van der Waals surface area contributed by atoms with Crippen LogP contribution in [0.15, 0.2) is 53.6 Å². The van der Waals surface area contributed by atoms with Crippen LogP contribution in [0.5, 0.6) is 5.75 Å². The SMILES string of the molecule is O=C1Cc2ccc(OC(F)(F)F)cc2/C1=C/C1=NC2C=CC=CC2C1.